The highest BCUT2D eigenvalue weighted by molar-refractivity contribution is 6.54. The number of halogens is 1. The minimum Gasteiger partial charge on any atom is -0.494 e. The summed E-state index contributed by atoms with van der Waals surface area (Å²) in [6.45, 7) is 2.80. The maximum Gasteiger partial charge on any atom is 0.212 e. The predicted octanol–water partition coefficient (Wildman–Crippen LogP) is 8.23. The maximum absolute atomic E-state index is 14.7. The molecule has 0 atom stereocenters. The molecule has 0 aliphatic heterocycles. The molecule has 0 amide bonds. The van der Waals surface area contributed by atoms with E-state index in [0.717, 1.165) is 18.4 Å². The molecule has 0 aliphatic carbocycles. The van der Waals surface area contributed by atoms with E-state index in [1.165, 1.54) is 18.3 Å². The van der Waals surface area contributed by atoms with Gasteiger partial charge in [0.1, 0.15) is 29.2 Å². The second kappa shape index (κ2) is 14.0. The number of para-hydroxylation sites is 2. The number of aryl methyl sites for hydroxylation is 1. The van der Waals surface area contributed by atoms with Crippen molar-refractivity contribution in [2.24, 2.45) is 4.99 Å². The fourth-order valence-electron chi connectivity index (χ4n) is 5.18. The predicted molar refractivity (Wildman–Crippen MR) is 174 cm³/mol. The van der Waals surface area contributed by atoms with E-state index in [1.807, 2.05) is 49.4 Å². The van der Waals surface area contributed by atoms with Crippen molar-refractivity contribution in [3.63, 3.8) is 0 Å². The first-order valence-electron chi connectivity index (χ1n) is 14.6. The molecule has 0 aliphatic rings. The van der Waals surface area contributed by atoms with E-state index in [0.29, 0.717) is 40.9 Å². The number of rotatable bonds is 11. The van der Waals surface area contributed by atoms with E-state index < -0.39 is 11.6 Å². The minimum absolute atomic E-state index is 0.0681. The van der Waals surface area contributed by atoms with Crippen LogP contribution in [0.15, 0.2) is 120 Å². The van der Waals surface area contributed by atoms with Crippen LogP contribution in [-0.2, 0) is 13.1 Å². The average molecular weight is 596 g/mol. The van der Waals surface area contributed by atoms with Gasteiger partial charge in [-0.2, -0.15) is 10.5 Å². The van der Waals surface area contributed by atoms with Crippen LogP contribution < -0.4 is 4.90 Å². The Morgan fingerprint density at radius 1 is 0.956 bits per heavy atom. The lowest BCUT2D eigenvalue weighted by atomic mass is 9.99. The summed E-state index contributed by atoms with van der Waals surface area (Å²) in [6.07, 6.45) is 3.07. The molecule has 0 radical (unpaired) electrons. The Morgan fingerprint density at radius 2 is 1.62 bits per heavy atom. The second-order valence-corrected chi connectivity index (χ2v) is 10.4. The molecule has 4 aromatic carbocycles. The number of benzene rings is 4. The summed E-state index contributed by atoms with van der Waals surface area (Å²) in [5, 5.41) is 31.1. The third-order valence-corrected chi connectivity index (χ3v) is 7.37. The van der Waals surface area contributed by atoms with Crippen LogP contribution in [0.1, 0.15) is 41.3 Å². The number of carbonyl (C=O) groups excluding carboxylic acids is 1. The fourth-order valence-corrected chi connectivity index (χ4v) is 5.18. The largest absolute Gasteiger partial charge is 0.494 e. The van der Waals surface area contributed by atoms with E-state index in [9.17, 15) is 24.8 Å². The third kappa shape index (κ3) is 6.66. The van der Waals surface area contributed by atoms with Gasteiger partial charge in [0.05, 0.1) is 22.5 Å². The molecule has 1 N–H and O–H groups in total. The molecule has 1 heterocycles. The van der Waals surface area contributed by atoms with Crippen LogP contribution in [0.2, 0.25) is 0 Å². The van der Waals surface area contributed by atoms with E-state index in [2.05, 4.69) is 0 Å². The number of aromatic nitrogens is 1. The monoisotopic (exact) mass is 595 g/mol. The molecular weight excluding hydrogens is 565 g/mol. The highest BCUT2D eigenvalue weighted by atomic mass is 19.1. The van der Waals surface area contributed by atoms with Gasteiger partial charge in [-0.1, -0.05) is 86.1 Å². The lowest BCUT2D eigenvalue weighted by molar-refractivity contribution is 0.106. The molecule has 8 heteroatoms. The number of carbonyl (C=O) groups is 1. The van der Waals surface area contributed by atoms with Crippen LogP contribution in [0.3, 0.4) is 0 Å². The molecule has 5 aromatic rings. The molecule has 45 heavy (non-hydrogen) atoms. The topological polar surface area (TPSA) is 105 Å². The van der Waals surface area contributed by atoms with Crippen LogP contribution in [0.4, 0.5) is 15.8 Å². The highest BCUT2D eigenvalue weighted by Crippen LogP contribution is 2.37. The Labute approximate surface area is 261 Å². The van der Waals surface area contributed by atoms with Crippen molar-refractivity contribution in [2.75, 3.05) is 4.90 Å². The summed E-state index contributed by atoms with van der Waals surface area (Å²) in [5.41, 5.74) is 2.66. The minimum atomic E-state index is -0.511. The number of fused-ring (bicyclic) bond motifs is 1. The third-order valence-electron chi connectivity index (χ3n) is 7.37. The van der Waals surface area contributed by atoms with E-state index >= 15 is 0 Å². The van der Waals surface area contributed by atoms with Crippen molar-refractivity contribution >= 4 is 33.8 Å². The van der Waals surface area contributed by atoms with Gasteiger partial charge in [-0.15, -0.1) is 0 Å². The Morgan fingerprint density at radius 3 is 2.31 bits per heavy atom. The molecule has 0 fully saturated rings. The van der Waals surface area contributed by atoms with Gasteiger partial charge in [-0.3, -0.25) is 4.79 Å². The number of aliphatic imine (C=N–C) groups is 1. The van der Waals surface area contributed by atoms with Gasteiger partial charge in [0.25, 0.3) is 0 Å². The summed E-state index contributed by atoms with van der Waals surface area (Å²) in [7, 11) is 0. The molecular formula is C37H30FN5O2. The Hall–Kier alpha value is -5.99. The molecule has 0 saturated heterocycles. The number of hydrogen-bond donors (Lipinski definition) is 1. The zero-order chi connectivity index (χ0) is 31.8. The van der Waals surface area contributed by atoms with Crippen molar-refractivity contribution in [1.82, 2.24) is 4.57 Å². The van der Waals surface area contributed by atoms with Gasteiger partial charge >= 0.3 is 0 Å². The number of allylic oxidation sites excluding steroid dienone is 1. The molecule has 0 saturated carbocycles. The van der Waals surface area contributed by atoms with E-state index in [4.69, 9.17) is 4.99 Å². The summed E-state index contributed by atoms with van der Waals surface area (Å²) in [5.74, 6) is -1.15. The summed E-state index contributed by atoms with van der Waals surface area (Å²) < 4.78 is 16.4. The molecule has 222 valence electrons. The van der Waals surface area contributed by atoms with Gasteiger partial charge in [0, 0.05) is 30.2 Å². The first kappa shape index (κ1) is 30.5. The highest BCUT2D eigenvalue weighted by Gasteiger charge is 2.27. The van der Waals surface area contributed by atoms with Gasteiger partial charge < -0.3 is 14.6 Å². The van der Waals surface area contributed by atoms with E-state index in [-0.39, 0.29) is 22.7 Å². The quantitative estimate of drug-likeness (QED) is 0.0941. The number of aromatic hydroxyl groups is 1. The summed E-state index contributed by atoms with van der Waals surface area (Å²) in [4.78, 5) is 20.9. The SMILES string of the molecule is CCCCn1c(O)c(C(=Nc2ccccc2N(C=C(C#N)C#N)Cc2ccccc2)C(=O)c2ccccc2)c2cc(F)ccc21. The van der Waals surface area contributed by atoms with Gasteiger partial charge in [-0.05, 0) is 42.3 Å². The first-order valence-corrected chi connectivity index (χ1v) is 14.6. The Balaban J connectivity index is 1.78. The van der Waals surface area contributed by atoms with Crippen LogP contribution in [0.25, 0.3) is 10.9 Å². The number of nitrogens with zero attached hydrogens (tertiary/aromatic N) is 5. The van der Waals surface area contributed by atoms with Crippen molar-refractivity contribution in [3.8, 4) is 18.0 Å². The molecule has 5 rings (SSSR count). The Kier molecular flexibility index (Phi) is 9.47. The number of hydrogen-bond acceptors (Lipinski definition) is 6. The summed E-state index contributed by atoms with van der Waals surface area (Å²) >= 11 is 0. The number of Topliss-reactive ketones (excluding diaryl/α,β-unsaturated/α-hetero) is 1. The maximum atomic E-state index is 14.7. The van der Waals surface area contributed by atoms with Crippen molar-refractivity contribution < 1.29 is 14.3 Å². The van der Waals surface area contributed by atoms with Gasteiger partial charge in [-0.25, -0.2) is 9.38 Å². The van der Waals surface area contributed by atoms with Crippen molar-refractivity contribution in [3.05, 3.63) is 137 Å². The number of nitriles is 2. The average Bonchev–Trinajstić information content (AvgIpc) is 3.34. The standard InChI is InChI=1S/C37H30FN5O2/c1-2-3-20-43-32-19-18-29(38)21-30(32)34(37(43)45)35(36(44)28-14-8-5-9-15-28)41-31-16-10-11-17-33(31)42(25-27(22-39)23-40)24-26-12-6-4-7-13-26/h4-19,21,25,45H,2-3,20,24H2,1H3. The number of anilines is 1. The zero-order valence-corrected chi connectivity index (χ0v) is 24.7. The van der Waals surface area contributed by atoms with Crippen LogP contribution in [0.5, 0.6) is 5.88 Å². The van der Waals surface area contributed by atoms with Crippen molar-refractivity contribution in [1.29, 1.82) is 10.5 Å². The van der Waals surface area contributed by atoms with Crippen molar-refractivity contribution in [2.45, 2.75) is 32.9 Å². The smallest absolute Gasteiger partial charge is 0.212 e. The number of ketones is 1. The van der Waals surface area contributed by atoms with Crippen LogP contribution >= 0.6 is 0 Å². The number of unbranched alkanes of at least 4 members (excludes halogenated alkanes) is 1. The van der Waals surface area contributed by atoms with E-state index in [1.54, 1.807) is 70.1 Å². The molecule has 7 nitrogen and oxygen atoms in total. The van der Waals surface area contributed by atoms with Gasteiger partial charge in [0.2, 0.25) is 11.7 Å². The zero-order valence-electron chi connectivity index (χ0n) is 24.7. The van der Waals surface area contributed by atoms with Crippen LogP contribution in [-0.4, -0.2) is 21.2 Å². The second-order valence-electron chi connectivity index (χ2n) is 10.4. The Bertz CT molecular complexity index is 1970. The molecule has 1 aromatic heterocycles. The molecule has 0 bridgehead atoms. The molecule has 0 unspecified atom stereocenters. The lowest BCUT2D eigenvalue weighted by Gasteiger charge is -2.23. The first-order chi connectivity index (χ1) is 21.9. The summed E-state index contributed by atoms with van der Waals surface area (Å²) in [6, 6.07) is 33.2. The molecule has 0 spiro atoms. The van der Waals surface area contributed by atoms with Crippen LogP contribution in [0, 0.1) is 28.5 Å². The fraction of sp³-hybridized carbons (Fsp3) is 0.135. The lowest BCUT2D eigenvalue weighted by Crippen LogP contribution is -2.18. The van der Waals surface area contributed by atoms with Gasteiger partial charge in [0.15, 0.2) is 0 Å². The normalized spacial score (nSPS) is 11.1.